The van der Waals surface area contributed by atoms with Gasteiger partial charge >= 0.3 is 0 Å². The lowest BCUT2D eigenvalue weighted by atomic mass is 10.3. The first-order valence-corrected chi connectivity index (χ1v) is 3.72. The van der Waals surface area contributed by atoms with Gasteiger partial charge in [0.15, 0.2) is 0 Å². The third-order valence-electron chi connectivity index (χ3n) is 1.42. The van der Waals surface area contributed by atoms with Gasteiger partial charge in [-0.05, 0) is 6.07 Å². The van der Waals surface area contributed by atoms with Gasteiger partial charge in [-0.25, -0.2) is 4.98 Å². The Morgan fingerprint density at radius 2 is 2.50 bits per heavy atom. The molecule has 0 aromatic carbocycles. The smallest absolute Gasteiger partial charge is 0.128 e. The van der Waals surface area contributed by atoms with Gasteiger partial charge in [-0.2, -0.15) is 0 Å². The minimum Gasteiger partial charge on any atom is -0.383 e. The van der Waals surface area contributed by atoms with Crippen molar-refractivity contribution in [3.8, 4) is 0 Å². The van der Waals surface area contributed by atoms with Crippen molar-refractivity contribution in [1.29, 1.82) is 0 Å². The fourth-order valence-corrected chi connectivity index (χ4v) is 0.825. The van der Waals surface area contributed by atoms with Gasteiger partial charge in [0, 0.05) is 11.8 Å². The zero-order chi connectivity index (χ0) is 8.81. The van der Waals surface area contributed by atoms with Crippen molar-refractivity contribution in [2.45, 2.75) is 6.61 Å². The number of nitrogen functional groups attached to an aromatic ring is 1. The molecule has 0 aliphatic rings. The van der Waals surface area contributed by atoms with Crippen LogP contribution in [0.4, 0.5) is 5.82 Å². The van der Waals surface area contributed by atoms with Crippen LogP contribution < -0.4 is 5.73 Å². The Morgan fingerprint density at radius 1 is 1.67 bits per heavy atom. The third-order valence-corrected chi connectivity index (χ3v) is 1.42. The number of rotatable bonds is 4. The van der Waals surface area contributed by atoms with E-state index < -0.39 is 0 Å². The van der Waals surface area contributed by atoms with Gasteiger partial charge in [0.2, 0.25) is 0 Å². The monoisotopic (exact) mass is 164 g/mol. The summed E-state index contributed by atoms with van der Waals surface area (Å²) >= 11 is 0. The van der Waals surface area contributed by atoms with Crippen LogP contribution in [-0.2, 0) is 11.3 Å². The van der Waals surface area contributed by atoms with Crippen LogP contribution in [0, 0.1) is 0 Å². The molecule has 0 bridgehead atoms. The van der Waals surface area contributed by atoms with E-state index in [-0.39, 0.29) is 0 Å². The fraction of sp³-hybridized carbons (Fsp3) is 0.222. The Bertz CT molecular complexity index is 260. The van der Waals surface area contributed by atoms with Crippen molar-refractivity contribution >= 4 is 5.82 Å². The molecule has 0 unspecified atom stereocenters. The second-order valence-electron chi connectivity index (χ2n) is 2.35. The van der Waals surface area contributed by atoms with Crippen molar-refractivity contribution in [2.24, 2.45) is 0 Å². The zero-order valence-electron chi connectivity index (χ0n) is 6.86. The molecule has 2 N–H and O–H groups in total. The molecule has 0 saturated carbocycles. The highest BCUT2D eigenvalue weighted by molar-refractivity contribution is 5.37. The highest BCUT2D eigenvalue weighted by Gasteiger charge is 1.96. The molecule has 0 aliphatic heterocycles. The molecule has 0 amide bonds. The van der Waals surface area contributed by atoms with Crippen molar-refractivity contribution in [1.82, 2.24) is 4.98 Å². The number of anilines is 1. The van der Waals surface area contributed by atoms with Crippen LogP contribution in [-0.4, -0.2) is 11.6 Å². The number of pyridine rings is 1. The maximum absolute atomic E-state index is 5.59. The molecule has 64 valence electrons. The van der Waals surface area contributed by atoms with Crippen LogP contribution in [0.25, 0.3) is 0 Å². The highest BCUT2D eigenvalue weighted by atomic mass is 16.5. The topological polar surface area (TPSA) is 48.1 Å². The van der Waals surface area contributed by atoms with Crippen LogP contribution in [0.2, 0.25) is 0 Å². The molecule has 1 aromatic rings. The summed E-state index contributed by atoms with van der Waals surface area (Å²) in [4.78, 5) is 3.93. The molecule has 1 heterocycles. The maximum atomic E-state index is 5.59. The Kier molecular flexibility index (Phi) is 3.29. The van der Waals surface area contributed by atoms with E-state index in [9.17, 15) is 0 Å². The summed E-state index contributed by atoms with van der Waals surface area (Å²) in [6, 6.07) is 3.73. The van der Waals surface area contributed by atoms with Gasteiger partial charge in [0.05, 0.1) is 13.2 Å². The number of hydrogen-bond acceptors (Lipinski definition) is 3. The highest BCUT2D eigenvalue weighted by Crippen LogP contribution is 2.07. The lowest BCUT2D eigenvalue weighted by Crippen LogP contribution is -1.99. The fourth-order valence-electron chi connectivity index (χ4n) is 0.825. The molecule has 0 atom stereocenters. The first-order valence-electron chi connectivity index (χ1n) is 3.72. The third kappa shape index (κ3) is 2.36. The van der Waals surface area contributed by atoms with Crippen molar-refractivity contribution in [2.75, 3.05) is 12.3 Å². The van der Waals surface area contributed by atoms with Gasteiger partial charge in [-0.3, -0.25) is 0 Å². The van der Waals surface area contributed by atoms with Crippen molar-refractivity contribution in [3.05, 3.63) is 36.5 Å². The quantitative estimate of drug-likeness (QED) is 0.540. The summed E-state index contributed by atoms with van der Waals surface area (Å²) in [6.45, 7) is 4.57. The zero-order valence-corrected chi connectivity index (χ0v) is 6.86. The summed E-state index contributed by atoms with van der Waals surface area (Å²) in [7, 11) is 0. The largest absolute Gasteiger partial charge is 0.383 e. The molecule has 0 saturated heterocycles. The molecule has 1 aromatic heterocycles. The van der Waals surface area contributed by atoms with Crippen LogP contribution >= 0.6 is 0 Å². The predicted molar refractivity (Wildman–Crippen MR) is 48.5 cm³/mol. The number of ether oxygens (including phenoxy) is 1. The first kappa shape index (κ1) is 8.74. The van der Waals surface area contributed by atoms with E-state index in [2.05, 4.69) is 11.6 Å². The predicted octanol–water partition coefficient (Wildman–Crippen LogP) is 1.37. The van der Waals surface area contributed by atoms with Crippen LogP contribution in [0.15, 0.2) is 31.0 Å². The summed E-state index contributed by atoms with van der Waals surface area (Å²) in [5.74, 6) is 0.529. The van der Waals surface area contributed by atoms with E-state index in [1.807, 2.05) is 12.1 Å². The van der Waals surface area contributed by atoms with Crippen LogP contribution in [0.3, 0.4) is 0 Å². The SMILES string of the molecule is C=CCOCc1cccnc1N. The molecule has 3 nitrogen and oxygen atoms in total. The minimum absolute atomic E-state index is 0.492. The van der Waals surface area contributed by atoms with Crippen LogP contribution in [0.1, 0.15) is 5.56 Å². The molecule has 0 aliphatic carbocycles. The van der Waals surface area contributed by atoms with Gasteiger partial charge in [0.1, 0.15) is 5.82 Å². The Labute approximate surface area is 71.9 Å². The Hall–Kier alpha value is -1.35. The van der Waals surface area contributed by atoms with E-state index in [1.165, 1.54) is 0 Å². The first-order chi connectivity index (χ1) is 5.84. The normalized spacial score (nSPS) is 9.67. The van der Waals surface area contributed by atoms with Crippen molar-refractivity contribution in [3.63, 3.8) is 0 Å². The number of hydrogen-bond donors (Lipinski definition) is 1. The number of nitrogens with two attached hydrogens (primary N) is 1. The summed E-state index contributed by atoms with van der Waals surface area (Å²) in [6.07, 6.45) is 3.36. The lowest BCUT2D eigenvalue weighted by Gasteiger charge is -2.03. The van der Waals surface area contributed by atoms with E-state index in [4.69, 9.17) is 10.5 Å². The van der Waals surface area contributed by atoms with Gasteiger partial charge in [0.25, 0.3) is 0 Å². The second-order valence-corrected chi connectivity index (χ2v) is 2.35. The van der Waals surface area contributed by atoms with Gasteiger partial charge < -0.3 is 10.5 Å². The Morgan fingerprint density at radius 3 is 3.17 bits per heavy atom. The average Bonchev–Trinajstić information content (AvgIpc) is 2.09. The molecule has 0 radical (unpaired) electrons. The standard InChI is InChI=1S/C9H12N2O/c1-2-6-12-7-8-4-3-5-11-9(8)10/h2-5H,1,6-7H2,(H2,10,11). The average molecular weight is 164 g/mol. The lowest BCUT2D eigenvalue weighted by molar-refractivity contribution is 0.149. The molecule has 1 rings (SSSR count). The van der Waals surface area contributed by atoms with E-state index in [0.717, 1.165) is 5.56 Å². The molecular weight excluding hydrogens is 152 g/mol. The number of nitrogens with zero attached hydrogens (tertiary/aromatic N) is 1. The van der Waals surface area contributed by atoms with Crippen molar-refractivity contribution < 1.29 is 4.74 Å². The molecule has 0 fully saturated rings. The molecule has 3 heteroatoms. The Balaban J connectivity index is 2.51. The van der Waals surface area contributed by atoms with E-state index in [0.29, 0.717) is 19.0 Å². The van der Waals surface area contributed by atoms with E-state index >= 15 is 0 Å². The van der Waals surface area contributed by atoms with Gasteiger partial charge in [-0.1, -0.05) is 12.1 Å². The minimum atomic E-state index is 0.492. The molecular formula is C9H12N2O. The number of aromatic nitrogens is 1. The summed E-state index contributed by atoms with van der Waals surface area (Å²) in [5, 5.41) is 0. The van der Waals surface area contributed by atoms with Gasteiger partial charge in [-0.15, -0.1) is 6.58 Å². The second kappa shape index (κ2) is 4.51. The van der Waals surface area contributed by atoms with E-state index in [1.54, 1.807) is 12.3 Å². The molecule has 0 spiro atoms. The van der Waals surface area contributed by atoms with Crippen LogP contribution in [0.5, 0.6) is 0 Å². The molecule has 12 heavy (non-hydrogen) atoms. The summed E-state index contributed by atoms with van der Waals surface area (Å²) < 4.78 is 5.21. The summed E-state index contributed by atoms with van der Waals surface area (Å²) in [5.41, 5.74) is 6.50. The maximum Gasteiger partial charge on any atom is 0.128 e.